The second-order valence-electron chi connectivity index (χ2n) is 3.75. The number of rotatable bonds is 2. The molecular formula is C13H6ClF3O2. The van der Waals surface area contributed by atoms with Gasteiger partial charge < -0.3 is 5.11 Å². The molecular weight excluding hydrogens is 281 g/mol. The number of carboxylic acid groups (broad SMARTS) is 1. The molecule has 2 aromatic carbocycles. The molecule has 19 heavy (non-hydrogen) atoms. The van der Waals surface area contributed by atoms with E-state index < -0.39 is 23.4 Å². The Morgan fingerprint density at radius 2 is 1.58 bits per heavy atom. The molecule has 0 heterocycles. The predicted octanol–water partition coefficient (Wildman–Crippen LogP) is 4.12. The molecule has 2 rings (SSSR count). The van der Waals surface area contributed by atoms with Gasteiger partial charge >= 0.3 is 5.97 Å². The Bertz CT molecular complexity index is 671. The third kappa shape index (κ3) is 2.56. The van der Waals surface area contributed by atoms with E-state index in [1.165, 1.54) is 0 Å². The quantitative estimate of drug-likeness (QED) is 0.843. The van der Waals surface area contributed by atoms with Crippen molar-refractivity contribution >= 4 is 17.6 Å². The van der Waals surface area contributed by atoms with E-state index >= 15 is 0 Å². The molecule has 0 aliphatic rings. The maximum absolute atomic E-state index is 13.8. The molecule has 2 nitrogen and oxygen atoms in total. The zero-order valence-electron chi connectivity index (χ0n) is 9.25. The summed E-state index contributed by atoms with van der Waals surface area (Å²) in [5, 5.41) is 8.54. The molecule has 98 valence electrons. The van der Waals surface area contributed by atoms with Crippen LogP contribution in [0, 0.1) is 17.5 Å². The first-order chi connectivity index (χ1) is 8.90. The highest BCUT2D eigenvalue weighted by molar-refractivity contribution is 6.33. The summed E-state index contributed by atoms with van der Waals surface area (Å²) in [4.78, 5) is 10.7. The Hall–Kier alpha value is -2.01. The molecule has 0 spiro atoms. The highest BCUT2D eigenvalue weighted by Crippen LogP contribution is 2.32. The van der Waals surface area contributed by atoms with Crippen molar-refractivity contribution in [3.8, 4) is 11.1 Å². The Morgan fingerprint density at radius 3 is 2.16 bits per heavy atom. The van der Waals surface area contributed by atoms with Crippen LogP contribution in [0.15, 0.2) is 30.3 Å². The fourth-order valence-electron chi connectivity index (χ4n) is 1.60. The standard InChI is InChI=1S/C13H6ClF3O2/c14-9-5-12(17)11(16)4-8(9)7-2-1-6(13(18)19)3-10(7)15/h1-5H,(H,18,19). The van der Waals surface area contributed by atoms with Crippen molar-refractivity contribution in [3.63, 3.8) is 0 Å². The average molecular weight is 287 g/mol. The molecule has 0 atom stereocenters. The summed E-state index contributed by atoms with van der Waals surface area (Å²) in [6, 6.07) is 4.58. The fourth-order valence-corrected chi connectivity index (χ4v) is 1.85. The summed E-state index contributed by atoms with van der Waals surface area (Å²) in [7, 11) is 0. The second-order valence-corrected chi connectivity index (χ2v) is 4.15. The number of hydrogen-bond donors (Lipinski definition) is 1. The molecule has 0 aliphatic carbocycles. The van der Waals surface area contributed by atoms with Crippen LogP contribution in [-0.4, -0.2) is 11.1 Å². The van der Waals surface area contributed by atoms with Gasteiger partial charge in [0.2, 0.25) is 0 Å². The van der Waals surface area contributed by atoms with Gasteiger partial charge in [-0.25, -0.2) is 18.0 Å². The van der Waals surface area contributed by atoms with Crippen LogP contribution < -0.4 is 0 Å². The van der Waals surface area contributed by atoms with Gasteiger partial charge in [-0.15, -0.1) is 0 Å². The van der Waals surface area contributed by atoms with E-state index in [0.717, 1.165) is 30.3 Å². The Morgan fingerprint density at radius 1 is 0.947 bits per heavy atom. The van der Waals surface area contributed by atoms with E-state index in [1.54, 1.807) is 0 Å². The van der Waals surface area contributed by atoms with Crippen LogP contribution in [0.1, 0.15) is 10.4 Å². The zero-order valence-corrected chi connectivity index (χ0v) is 10.0. The van der Waals surface area contributed by atoms with Gasteiger partial charge in [0.15, 0.2) is 11.6 Å². The first-order valence-corrected chi connectivity index (χ1v) is 5.45. The Balaban J connectivity index is 2.59. The van der Waals surface area contributed by atoms with Gasteiger partial charge in [-0.2, -0.15) is 0 Å². The summed E-state index contributed by atoms with van der Waals surface area (Å²) in [6.45, 7) is 0. The summed E-state index contributed by atoms with van der Waals surface area (Å²) < 4.78 is 39.8. The minimum Gasteiger partial charge on any atom is -0.478 e. The van der Waals surface area contributed by atoms with Crippen LogP contribution in [0.5, 0.6) is 0 Å². The van der Waals surface area contributed by atoms with Gasteiger partial charge in [0.1, 0.15) is 5.82 Å². The van der Waals surface area contributed by atoms with Crippen molar-refractivity contribution in [2.24, 2.45) is 0 Å². The van der Waals surface area contributed by atoms with Crippen molar-refractivity contribution in [2.45, 2.75) is 0 Å². The van der Waals surface area contributed by atoms with Crippen molar-refractivity contribution in [1.29, 1.82) is 0 Å². The molecule has 0 aromatic heterocycles. The lowest BCUT2D eigenvalue weighted by molar-refractivity contribution is 0.0696. The largest absolute Gasteiger partial charge is 0.478 e. The van der Waals surface area contributed by atoms with Gasteiger partial charge in [-0.1, -0.05) is 17.7 Å². The molecule has 0 bridgehead atoms. The molecule has 0 fully saturated rings. The maximum Gasteiger partial charge on any atom is 0.335 e. The Kier molecular flexibility index (Phi) is 3.48. The first kappa shape index (κ1) is 13.4. The lowest BCUT2D eigenvalue weighted by Crippen LogP contribution is -1.98. The SMILES string of the molecule is O=C(O)c1ccc(-c2cc(F)c(F)cc2Cl)c(F)c1. The van der Waals surface area contributed by atoms with E-state index in [0.29, 0.717) is 0 Å². The molecule has 0 unspecified atom stereocenters. The average Bonchev–Trinajstić information content (AvgIpc) is 2.34. The van der Waals surface area contributed by atoms with Crippen molar-refractivity contribution in [2.75, 3.05) is 0 Å². The van der Waals surface area contributed by atoms with Crippen LogP contribution in [0.25, 0.3) is 11.1 Å². The number of aromatic carboxylic acids is 1. The lowest BCUT2D eigenvalue weighted by atomic mass is 10.0. The van der Waals surface area contributed by atoms with Crippen LogP contribution >= 0.6 is 11.6 Å². The summed E-state index contributed by atoms with van der Waals surface area (Å²) in [5.41, 5.74) is -0.399. The molecule has 0 saturated heterocycles. The van der Waals surface area contributed by atoms with Gasteiger partial charge in [0.25, 0.3) is 0 Å². The fraction of sp³-hybridized carbons (Fsp3) is 0. The predicted molar refractivity (Wildman–Crippen MR) is 63.7 cm³/mol. The molecule has 0 radical (unpaired) electrons. The van der Waals surface area contributed by atoms with Gasteiger partial charge in [0.05, 0.1) is 10.6 Å². The van der Waals surface area contributed by atoms with Crippen molar-refractivity contribution in [1.82, 2.24) is 0 Å². The van der Waals surface area contributed by atoms with E-state index in [4.69, 9.17) is 16.7 Å². The number of hydrogen-bond acceptors (Lipinski definition) is 1. The molecule has 0 amide bonds. The third-order valence-electron chi connectivity index (χ3n) is 2.52. The van der Waals surface area contributed by atoms with Gasteiger partial charge in [-0.05, 0) is 24.3 Å². The van der Waals surface area contributed by atoms with Crippen LogP contribution in [0.2, 0.25) is 5.02 Å². The number of benzene rings is 2. The van der Waals surface area contributed by atoms with E-state index in [1.807, 2.05) is 0 Å². The van der Waals surface area contributed by atoms with Crippen molar-refractivity contribution in [3.05, 3.63) is 58.4 Å². The number of halogens is 4. The monoisotopic (exact) mass is 286 g/mol. The lowest BCUT2D eigenvalue weighted by Gasteiger charge is -2.07. The number of carboxylic acids is 1. The number of carbonyl (C=O) groups is 1. The molecule has 6 heteroatoms. The van der Waals surface area contributed by atoms with Gasteiger partial charge in [-0.3, -0.25) is 0 Å². The molecule has 0 saturated carbocycles. The second kappa shape index (κ2) is 4.93. The van der Waals surface area contributed by atoms with Crippen LogP contribution in [0.4, 0.5) is 13.2 Å². The maximum atomic E-state index is 13.8. The van der Waals surface area contributed by atoms with E-state index in [-0.39, 0.29) is 21.7 Å². The smallest absolute Gasteiger partial charge is 0.335 e. The third-order valence-corrected chi connectivity index (χ3v) is 2.83. The summed E-state index contributed by atoms with van der Waals surface area (Å²) in [6.07, 6.45) is 0. The van der Waals surface area contributed by atoms with E-state index in [9.17, 15) is 18.0 Å². The molecule has 1 N–H and O–H groups in total. The van der Waals surface area contributed by atoms with Crippen LogP contribution in [0.3, 0.4) is 0 Å². The zero-order chi connectivity index (χ0) is 14.2. The molecule has 2 aromatic rings. The highest BCUT2D eigenvalue weighted by atomic mass is 35.5. The summed E-state index contributed by atoms with van der Waals surface area (Å²) in [5.74, 6) is -4.48. The molecule has 0 aliphatic heterocycles. The minimum atomic E-state index is -1.29. The summed E-state index contributed by atoms with van der Waals surface area (Å²) >= 11 is 5.72. The first-order valence-electron chi connectivity index (χ1n) is 5.08. The van der Waals surface area contributed by atoms with Crippen LogP contribution in [-0.2, 0) is 0 Å². The van der Waals surface area contributed by atoms with Gasteiger partial charge in [0, 0.05) is 11.1 Å². The highest BCUT2D eigenvalue weighted by Gasteiger charge is 2.15. The topological polar surface area (TPSA) is 37.3 Å². The normalized spacial score (nSPS) is 10.5. The van der Waals surface area contributed by atoms with Crippen molar-refractivity contribution < 1.29 is 23.1 Å². The minimum absolute atomic E-state index is 0.0463. The Labute approximate surface area is 111 Å². The van der Waals surface area contributed by atoms with E-state index in [2.05, 4.69) is 0 Å².